The van der Waals surface area contributed by atoms with E-state index in [0.717, 1.165) is 26.1 Å². The highest BCUT2D eigenvalue weighted by Crippen LogP contribution is 1.83. The lowest BCUT2D eigenvalue weighted by atomic mass is 10.4. The Bertz CT molecular complexity index is 118. The highest BCUT2D eigenvalue weighted by atomic mass is 16.5. The lowest BCUT2D eigenvalue weighted by Crippen LogP contribution is -2.33. The van der Waals surface area contributed by atoms with Gasteiger partial charge in [-0.2, -0.15) is 0 Å². The number of hydrogen-bond acceptors (Lipinski definition) is 2. The van der Waals surface area contributed by atoms with Crippen LogP contribution >= 0.6 is 0 Å². The summed E-state index contributed by atoms with van der Waals surface area (Å²) in [5.74, 6) is 0. The van der Waals surface area contributed by atoms with Gasteiger partial charge in [-0.1, -0.05) is 6.92 Å². The Kier molecular flexibility index (Phi) is 7.79. The summed E-state index contributed by atoms with van der Waals surface area (Å²) < 4.78 is 5.23. The molecule has 0 spiro atoms. The van der Waals surface area contributed by atoms with Crippen LogP contribution in [0.5, 0.6) is 0 Å². The SMILES string of the molecule is CCCOCCCNC(=O)NC. The van der Waals surface area contributed by atoms with E-state index >= 15 is 0 Å². The molecule has 0 heterocycles. The van der Waals surface area contributed by atoms with Crippen LogP contribution in [0.2, 0.25) is 0 Å². The molecule has 0 aliphatic carbocycles. The van der Waals surface area contributed by atoms with Gasteiger partial charge < -0.3 is 15.4 Å². The van der Waals surface area contributed by atoms with Crippen molar-refractivity contribution in [2.45, 2.75) is 19.8 Å². The number of hydrogen-bond donors (Lipinski definition) is 2. The molecule has 2 N–H and O–H groups in total. The summed E-state index contributed by atoms with van der Waals surface area (Å²) in [4.78, 5) is 10.6. The lowest BCUT2D eigenvalue weighted by molar-refractivity contribution is 0.132. The van der Waals surface area contributed by atoms with E-state index in [0.29, 0.717) is 6.54 Å². The van der Waals surface area contributed by atoms with Crippen molar-refractivity contribution in [2.75, 3.05) is 26.8 Å². The maximum absolute atomic E-state index is 10.6. The van der Waals surface area contributed by atoms with E-state index in [9.17, 15) is 4.79 Å². The first-order valence-corrected chi connectivity index (χ1v) is 4.34. The molecule has 0 atom stereocenters. The van der Waals surface area contributed by atoms with Gasteiger partial charge in [0, 0.05) is 26.8 Å². The van der Waals surface area contributed by atoms with Crippen LogP contribution in [0.15, 0.2) is 0 Å². The van der Waals surface area contributed by atoms with E-state index < -0.39 is 0 Å². The van der Waals surface area contributed by atoms with Crippen LogP contribution in [0.1, 0.15) is 19.8 Å². The van der Waals surface area contributed by atoms with E-state index in [2.05, 4.69) is 17.6 Å². The minimum Gasteiger partial charge on any atom is -0.381 e. The summed E-state index contributed by atoms with van der Waals surface area (Å²) in [7, 11) is 1.60. The van der Waals surface area contributed by atoms with Gasteiger partial charge in [-0.25, -0.2) is 4.79 Å². The van der Waals surface area contributed by atoms with Crippen molar-refractivity contribution in [3.63, 3.8) is 0 Å². The first-order valence-electron chi connectivity index (χ1n) is 4.34. The first-order chi connectivity index (χ1) is 5.81. The summed E-state index contributed by atoms with van der Waals surface area (Å²) in [6.45, 7) is 4.27. The van der Waals surface area contributed by atoms with E-state index in [4.69, 9.17) is 4.74 Å². The summed E-state index contributed by atoms with van der Waals surface area (Å²) >= 11 is 0. The second kappa shape index (κ2) is 8.33. The van der Waals surface area contributed by atoms with Gasteiger partial charge in [0.25, 0.3) is 0 Å². The molecule has 0 aromatic carbocycles. The zero-order chi connectivity index (χ0) is 9.23. The van der Waals surface area contributed by atoms with Crippen molar-refractivity contribution in [3.05, 3.63) is 0 Å². The van der Waals surface area contributed by atoms with Gasteiger partial charge in [0.15, 0.2) is 0 Å². The van der Waals surface area contributed by atoms with Crippen molar-refractivity contribution in [3.8, 4) is 0 Å². The van der Waals surface area contributed by atoms with Gasteiger partial charge in [0.05, 0.1) is 0 Å². The largest absolute Gasteiger partial charge is 0.381 e. The second-order valence-electron chi connectivity index (χ2n) is 2.47. The molecule has 0 aromatic heterocycles. The van der Waals surface area contributed by atoms with Crippen LogP contribution in [-0.4, -0.2) is 32.8 Å². The second-order valence-corrected chi connectivity index (χ2v) is 2.47. The maximum atomic E-state index is 10.6. The normalized spacial score (nSPS) is 9.50. The fraction of sp³-hybridized carbons (Fsp3) is 0.875. The molecule has 0 saturated heterocycles. The maximum Gasteiger partial charge on any atom is 0.314 e. The van der Waals surface area contributed by atoms with E-state index in [1.165, 1.54) is 0 Å². The summed E-state index contributed by atoms with van der Waals surface area (Å²) in [5.41, 5.74) is 0. The predicted molar refractivity (Wildman–Crippen MR) is 48.2 cm³/mol. The molecule has 4 heteroatoms. The van der Waals surface area contributed by atoms with Gasteiger partial charge in [-0.05, 0) is 12.8 Å². The van der Waals surface area contributed by atoms with Crippen LogP contribution in [0, 0.1) is 0 Å². The van der Waals surface area contributed by atoms with Crippen molar-refractivity contribution >= 4 is 6.03 Å². The molecule has 0 aliphatic heterocycles. The standard InChI is InChI=1S/C8H18N2O2/c1-3-6-12-7-4-5-10-8(11)9-2/h3-7H2,1-2H3,(H2,9,10,11). The number of nitrogens with one attached hydrogen (secondary N) is 2. The number of ether oxygens (including phenoxy) is 1. The highest BCUT2D eigenvalue weighted by Gasteiger charge is 1.93. The predicted octanol–water partition coefficient (Wildman–Crippen LogP) is 0.732. The smallest absolute Gasteiger partial charge is 0.314 e. The minimum atomic E-state index is -0.134. The average Bonchev–Trinajstić information content (AvgIpc) is 2.10. The van der Waals surface area contributed by atoms with Gasteiger partial charge in [0.2, 0.25) is 0 Å². The molecular formula is C8H18N2O2. The van der Waals surface area contributed by atoms with Gasteiger partial charge >= 0.3 is 6.03 Å². The van der Waals surface area contributed by atoms with Crippen molar-refractivity contribution in [1.82, 2.24) is 10.6 Å². The van der Waals surface area contributed by atoms with Gasteiger partial charge in [0.1, 0.15) is 0 Å². The fourth-order valence-corrected chi connectivity index (χ4v) is 0.711. The molecule has 4 nitrogen and oxygen atoms in total. The minimum absolute atomic E-state index is 0.134. The quantitative estimate of drug-likeness (QED) is 0.583. The topological polar surface area (TPSA) is 50.4 Å². The summed E-state index contributed by atoms with van der Waals surface area (Å²) in [5, 5.41) is 5.16. The first kappa shape index (κ1) is 11.2. The third kappa shape index (κ3) is 7.34. The van der Waals surface area contributed by atoms with Crippen LogP contribution in [0.25, 0.3) is 0 Å². The molecule has 0 radical (unpaired) electrons. The van der Waals surface area contributed by atoms with Crippen molar-refractivity contribution < 1.29 is 9.53 Å². The number of urea groups is 1. The Morgan fingerprint density at radius 1 is 1.42 bits per heavy atom. The Morgan fingerprint density at radius 3 is 2.75 bits per heavy atom. The highest BCUT2D eigenvalue weighted by molar-refractivity contribution is 5.73. The number of amides is 2. The molecular weight excluding hydrogens is 156 g/mol. The lowest BCUT2D eigenvalue weighted by Gasteiger charge is -2.04. The van der Waals surface area contributed by atoms with Crippen LogP contribution in [0.3, 0.4) is 0 Å². The third-order valence-corrected chi connectivity index (χ3v) is 1.33. The van der Waals surface area contributed by atoms with E-state index in [1.54, 1.807) is 7.05 Å². The molecule has 0 aromatic rings. The zero-order valence-electron chi connectivity index (χ0n) is 7.85. The Labute approximate surface area is 73.7 Å². The third-order valence-electron chi connectivity index (χ3n) is 1.33. The molecule has 0 rings (SSSR count). The Morgan fingerprint density at radius 2 is 2.17 bits per heavy atom. The van der Waals surface area contributed by atoms with E-state index in [-0.39, 0.29) is 6.03 Å². The fourth-order valence-electron chi connectivity index (χ4n) is 0.711. The molecule has 0 saturated carbocycles. The Balaban J connectivity index is 2.95. The number of rotatable bonds is 6. The zero-order valence-corrected chi connectivity index (χ0v) is 7.85. The number of carbonyl (C=O) groups excluding carboxylic acids is 1. The molecule has 0 aliphatic rings. The summed E-state index contributed by atoms with van der Waals surface area (Å²) in [6, 6.07) is -0.134. The van der Waals surface area contributed by atoms with Crippen molar-refractivity contribution in [2.24, 2.45) is 0 Å². The van der Waals surface area contributed by atoms with Gasteiger partial charge in [-0.15, -0.1) is 0 Å². The molecule has 12 heavy (non-hydrogen) atoms. The monoisotopic (exact) mass is 174 g/mol. The molecule has 72 valence electrons. The molecule has 0 bridgehead atoms. The molecule has 0 fully saturated rings. The van der Waals surface area contributed by atoms with Gasteiger partial charge in [-0.3, -0.25) is 0 Å². The number of carbonyl (C=O) groups is 1. The summed E-state index contributed by atoms with van der Waals surface area (Å²) in [6.07, 6.45) is 1.91. The van der Waals surface area contributed by atoms with Crippen LogP contribution < -0.4 is 10.6 Å². The van der Waals surface area contributed by atoms with E-state index in [1.807, 2.05) is 0 Å². The van der Waals surface area contributed by atoms with Crippen molar-refractivity contribution in [1.29, 1.82) is 0 Å². The molecule has 0 unspecified atom stereocenters. The Hall–Kier alpha value is -0.770. The van der Waals surface area contributed by atoms with Crippen LogP contribution in [0.4, 0.5) is 4.79 Å². The van der Waals surface area contributed by atoms with Crippen LogP contribution in [-0.2, 0) is 4.74 Å². The molecule has 2 amide bonds. The average molecular weight is 174 g/mol.